The number of aryl methyl sites for hydroxylation is 2. The van der Waals surface area contributed by atoms with Gasteiger partial charge in [-0.05, 0) is 85.8 Å². The molecule has 234 valence electrons. The first kappa shape index (κ1) is 31.6. The first-order valence-electron chi connectivity index (χ1n) is 13.9. The molecule has 14 heteroatoms. The minimum atomic E-state index is -4.76. The quantitative estimate of drug-likeness (QED) is 0.203. The van der Waals surface area contributed by atoms with E-state index in [1.54, 1.807) is 19.2 Å². The number of nitrogens with zero attached hydrogens (tertiary/aromatic N) is 5. The molecule has 5 rings (SSSR count). The van der Waals surface area contributed by atoms with E-state index in [1.807, 2.05) is 37.3 Å². The van der Waals surface area contributed by atoms with Crippen molar-refractivity contribution in [2.24, 2.45) is 4.99 Å². The minimum absolute atomic E-state index is 0.141. The van der Waals surface area contributed by atoms with E-state index in [-0.39, 0.29) is 17.4 Å². The van der Waals surface area contributed by atoms with E-state index in [2.05, 4.69) is 25.1 Å². The fourth-order valence-corrected chi connectivity index (χ4v) is 5.51. The molecule has 1 fully saturated rings. The number of urea groups is 1. The molecule has 10 nitrogen and oxygen atoms in total. The van der Waals surface area contributed by atoms with Gasteiger partial charge in [-0.2, -0.15) is 4.99 Å². The van der Waals surface area contributed by atoms with Crippen LogP contribution in [-0.4, -0.2) is 57.6 Å². The van der Waals surface area contributed by atoms with Crippen molar-refractivity contribution in [2.45, 2.75) is 32.5 Å². The van der Waals surface area contributed by atoms with E-state index in [0.29, 0.717) is 34.7 Å². The average molecular weight is 639 g/mol. The number of thioether (sulfide) groups is 1. The highest BCUT2D eigenvalue weighted by molar-refractivity contribution is 8.15. The van der Waals surface area contributed by atoms with Gasteiger partial charge >= 0.3 is 12.4 Å². The van der Waals surface area contributed by atoms with Gasteiger partial charge in [-0.3, -0.25) is 9.69 Å². The summed E-state index contributed by atoms with van der Waals surface area (Å²) in [7, 11) is 1.57. The van der Waals surface area contributed by atoms with Crippen LogP contribution in [0.1, 0.15) is 24.0 Å². The molecule has 0 spiro atoms. The largest absolute Gasteiger partial charge is 0.573 e. The number of aromatic nitrogens is 3. The van der Waals surface area contributed by atoms with Gasteiger partial charge in [-0.25, -0.2) is 14.5 Å². The molecule has 0 radical (unpaired) electrons. The molecular weight excluding hydrogens is 609 g/mol. The summed E-state index contributed by atoms with van der Waals surface area (Å²) in [6.45, 7) is 2.29. The van der Waals surface area contributed by atoms with Gasteiger partial charge < -0.3 is 14.8 Å². The summed E-state index contributed by atoms with van der Waals surface area (Å²) in [4.78, 5) is 35.1. The second-order valence-corrected chi connectivity index (χ2v) is 11.0. The van der Waals surface area contributed by atoms with Crippen LogP contribution in [-0.2, 0) is 11.2 Å². The number of amides is 3. The Morgan fingerprint density at radius 1 is 1.07 bits per heavy atom. The lowest BCUT2D eigenvalue weighted by Gasteiger charge is -2.18. The Labute approximate surface area is 261 Å². The van der Waals surface area contributed by atoms with Crippen LogP contribution >= 0.6 is 11.8 Å². The Kier molecular flexibility index (Phi) is 9.71. The molecule has 2 heterocycles. The number of methoxy groups -OCH3 is 1. The van der Waals surface area contributed by atoms with Crippen molar-refractivity contribution < 1.29 is 32.2 Å². The fourth-order valence-electron chi connectivity index (χ4n) is 4.65. The molecule has 0 saturated carbocycles. The number of alkyl halides is 3. The molecule has 0 atom stereocenters. The van der Waals surface area contributed by atoms with Gasteiger partial charge in [0.15, 0.2) is 11.0 Å². The van der Waals surface area contributed by atoms with Gasteiger partial charge in [-0.15, -0.1) is 18.3 Å². The van der Waals surface area contributed by atoms with Gasteiger partial charge in [0.05, 0.1) is 24.2 Å². The first-order chi connectivity index (χ1) is 21.6. The van der Waals surface area contributed by atoms with E-state index in [1.165, 1.54) is 51.9 Å². The number of anilines is 1. The molecule has 0 unspecified atom stereocenters. The molecule has 3 aromatic carbocycles. The number of carbonyl (C=O) groups excluding carboxylic acids is 2. The summed E-state index contributed by atoms with van der Waals surface area (Å²) in [5.41, 5.74) is 3.89. The number of amidine groups is 1. The zero-order valence-electron chi connectivity index (χ0n) is 24.4. The van der Waals surface area contributed by atoms with Crippen LogP contribution in [0.3, 0.4) is 0 Å². The maximum atomic E-state index is 12.6. The van der Waals surface area contributed by atoms with Crippen molar-refractivity contribution in [1.29, 1.82) is 0 Å². The van der Waals surface area contributed by atoms with Crippen molar-refractivity contribution in [2.75, 3.05) is 24.3 Å². The molecule has 1 aliphatic heterocycles. The SMILES string of the molecule is COc1ccc(N2C(=O)CSC2=NC(=O)NCCCCc2cccc(-c3ncn(-c4ccc(OC(F)(F)F)cc4)n3)c2)c(C)c1. The van der Waals surface area contributed by atoms with Crippen LogP contribution in [0.5, 0.6) is 11.5 Å². The number of carbonyl (C=O) groups is 2. The van der Waals surface area contributed by atoms with Crippen molar-refractivity contribution in [3.8, 4) is 28.6 Å². The number of aliphatic imine (C=N–C) groups is 1. The predicted octanol–water partition coefficient (Wildman–Crippen LogP) is 6.32. The highest BCUT2D eigenvalue weighted by atomic mass is 32.2. The zero-order chi connectivity index (χ0) is 32.0. The number of halogens is 3. The number of unbranched alkanes of at least 4 members (excludes halogenated alkanes) is 1. The van der Waals surface area contributed by atoms with Crippen LogP contribution < -0.4 is 19.7 Å². The number of benzene rings is 3. The van der Waals surface area contributed by atoms with Gasteiger partial charge in [0.25, 0.3) is 0 Å². The normalized spacial score (nSPS) is 14.2. The predicted molar refractivity (Wildman–Crippen MR) is 165 cm³/mol. The molecule has 4 aromatic rings. The number of hydrogen-bond donors (Lipinski definition) is 1. The van der Waals surface area contributed by atoms with Crippen LogP contribution in [0.2, 0.25) is 0 Å². The highest BCUT2D eigenvalue weighted by Gasteiger charge is 2.32. The van der Waals surface area contributed by atoms with Gasteiger partial charge in [0.2, 0.25) is 5.91 Å². The minimum Gasteiger partial charge on any atom is -0.497 e. The van der Waals surface area contributed by atoms with E-state index < -0.39 is 12.4 Å². The Balaban J connectivity index is 1.11. The molecular formula is C31H29F3N6O4S. The molecule has 1 aliphatic rings. The third-order valence-electron chi connectivity index (χ3n) is 6.79. The fraction of sp³-hybridized carbons (Fsp3) is 0.258. The van der Waals surface area contributed by atoms with Gasteiger partial charge in [0, 0.05) is 12.1 Å². The first-order valence-corrected chi connectivity index (χ1v) is 14.9. The van der Waals surface area contributed by atoms with Gasteiger partial charge in [0.1, 0.15) is 17.8 Å². The lowest BCUT2D eigenvalue weighted by molar-refractivity contribution is -0.274. The summed E-state index contributed by atoms with van der Waals surface area (Å²) >= 11 is 1.22. The van der Waals surface area contributed by atoms with E-state index in [9.17, 15) is 22.8 Å². The number of rotatable bonds is 10. The van der Waals surface area contributed by atoms with E-state index >= 15 is 0 Å². The standard InChI is InChI=1S/C31H29F3N6O4S/c1-20-16-25(43-2)13-14-26(20)40-27(41)18-45-30(40)37-29(42)35-15-4-3-6-21-7-5-8-22(17-21)28-36-19-39(38-28)23-9-11-24(12-10-23)44-31(32,33)34/h5,7-14,16-17,19H,3-4,6,15,18H2,1-2H3,(H,35,42). The maximum Gasteiger partial charge on any atom is 0.573 e. The number of nitrogens with one attached hydrogen (secondary N) is 1. The van der Waals surface area contributed by atoms with Gasteiger partial charge in [-0.1, -0.05) is 30.0 Å². The van der Waals surface area contributed by atoms with Crippen LogP contribution in [0.25, 0.3) is 17.1 Å². The maximum absolute atomic E-state index is 12.6. The Bertz CT molecular complexity index is 1710. The summed E-state index contributed by atoms with van der Waals surface area (Å²) < 4.78 is 47.9. The molecule has 1 N–H and O–H groups in total. The second kappa shape index (κ2) is 13.8. The summed E-state index contributed by atoms with van der Waals surface area (Å²) in [6, 6.07) is 18.0. The van der Waals surface area contributed by atoms with Crippen LogP contribution in [0, 0.1) is 6.92 Å². The lowest BCUT2D eigenvalue weighted by Crippen LogP contribution is -2.32. The molecule has 0 aliphatic carbocycles. The Morgan fingerprint density at radius 3 is 2.58 bits per heavy atom. The van der Waals surface area contributed by atoms with Crippen LogP contribution in [0.15, 0.2) is 78.0 Å². The summed E-state index contributed by atoms with van der Waals surface area (Å²) in [6.07, 6.45) is -0.985. The Morgan fingerprint density at radius 2 is 1.84 bits per heavy atom. The Hall–Kier alpha value is -4.85. The second-order valence-electron chi connectivity index (χ2n) is 10.0. The zero-order valence-corrected chi connectivity index (χ0v) is 25.2. The molecule has 1 aromatic heterocycles. The summed E-state index contributed by atoms with van der Waals surface area (Å²) in [5, 5.41) is 7.60. The highest BCUT2D eigenvalue weighted by Crippen LogP contribution is 2.31. The molecule has 3 amide bonds. The average Bonchev–Trinajstić information content (AvgIpc) is 3.64. The number of hydrogen-bond acceptors (Lipinski definition) is 7. The monoisotopic (exact) mass is 638 g/mol. The van der Waals surface area contributed by atoms with Crippen molar-refractivity contribution in [1.82, 2.24) is 20.1 Å². The topological polar surface area (TPSA) is 111 Å². The smallest absolute Gasteiger partial charge is 0.497 e. The number of ether oxygens (including phenoxy) is 2. The third kappa shape index (κ3) is 8.20. The summed E-state index contributed by atoms with van der Waals surface area (Å²) in [5.74, 6) is 0.901. The molecule has 45 heavy (non-hydrogen) atoms. The van der Waals surface area contributed by atoms with E-state index in [4.69, 9.17) is 4.74 Å². The van der Waals surface area contributed by atoms with Crippen LogP contribution in [0.4, 0.5) is 23.7 Å². The third-order valence-corrected chi connectivity index (χ3v) is 7.71. The lowest BCUT2D eigenvalue weighted by atomic mass is 10.0. The van der Waals surface area contributed by atoms with Crippen molar-refractivity contribution in [3.63, 3.8) is 0 Å². The molecule has 0 bridgehead atoms. The van der Waals surface area contributed by atoms with Crippen molar-refractivity contribution in [3.05, 3.63) is 84.2 Å². The van der Waals surface area contributed by atoms with E-state index in [0.717, 1.165) is 36.0 Å². The van der Waals surface area contributed by atoms with Crippen molar-refractivity contribution >= 4 is 34.6 Å². The molecule has 1 saturated heterocycles.